The second-order valence-corrected chi connectivity index (χ2v) is 9.78. The predicted octanol–water partition coefficient (Wildman–Crippen LogP) is 10.0. The van der Waals surface area contributed by atoms with Gasteiger partial charge in [-0.25, -0.2) is 0 Å². The lowest BCUT2D eigenvalue weighted by molar-refractivity contribution is 0.670. The minimum Gasteiger partial charge on any atom is -0.455 e. The minimum atomic E-state index is 0.924. The first-order valence-corrected chi connectivity index (χ1v) is 12.9. The van der Waals surface area contributed by atoms with Crippen LogP contribution in [0.15, 0.2) is 144 Å². The van der Waals surface area contributed by atoms with Gasteiger partial charge < -0.3 is 8.98 Å². The zero-order chi connectivity index (χ0) is 25.1. The molecule has 8 aromatic rings. The van der Waals surface area contributed by atoms with Gasteiger partial charge in [0.1, 0.15) is 11.2 Å². The zero-order valence-corrected chi connectivity index (χ0v) is 20.6. The number of aromatic nitrogens is 1. The highest BCUT2D eigenvalue weighted by Gasteiger charge is 2.13. The first kappa shape index (κ1) is 21.0. The first-order chi connectivity index (χ1) is 18.8. The molecule has 0 saturated carbocycles. The van der Waals surface area contributed by atoms with E-state index in [2.05, 4.69) is 132 Å². The Balaban J connectivity index is 1.22. The predicted molar refractivity (Wildman–Crippen MR) is 159 cm³/mol. The van der Waals surface area contributed by atoms with Crippen LogP contribution >= 0.6 is 0 Å². The molecular weight excluding hydrogens is 462 g/mol. The lowest BCUT2D eigenvalue weighted by Crippen LogP contribution is -1.94. The molecule has 0 amide bonds. The summed E-state index contributed by atoms with van der Waals surface area (Å²) < 4.78 is 8.64. The van der Waals surface area contributed by atoms with Crippen LogP contribution in [0.2, 0.25) is 0 Å². The van der Waals surface area contributed by atoms with Crippen LogP contribution in [0.4, 0.5) is 0 Å². The van der Waals surface area contributed by atoms with Crippen molar-refractivity contribution >= 4 is 43.7 Å². The van der Waals surface area contributed by atoms with Crippen LogP contribution in [-0.2, 0) is 0 Å². The Bertz CT molecular complexity index is 2070. The van der Waals surface area contributed by atoms with Gasteiger partial charge in [-0.15, -0.1) is 0 Å². The quantitative estimate of drug-likeness (QED) is 0.243. The van der Waals surface area contributed by atoms with Gasteiger partial charge in [-0.3, -0.25) is 0 Å². The van der Waals surface area contributed by atoms with Crippen LogP contribution in [0.3, 0.4) is 0 Å². The summed E-state index contributed by atoms with van der Waals surface area (Å²) in [6.45, 7) is 0. The highest BCUT2D eigenvalue weighted by molar-refractivity contribution is 6.10. The number of furan rings is 1. The van der Waals surface area contributed by atoms with Gasteiger partial charge in [0.15, 0.2) is 0 Å². The summed E-state index contributed by atoms with van der Waals surface area (Å²) in [7, 11) is 0. The van der Waals surface area contributed by atoms with E-state index in [1.165, 1.54) is 32.9 Å². The van der Waals surface area contributed by atoms with Gasteiger partial charge in [0.25, 0.3) is 0 Å². The Labute approximate surface area is 220 Å². The Morgan fingerprint density at radius 2 is 1.03 bits per heavy atom. The number of fused-ring (bicyclic) bond motifs is 6. The third-order valence-corrected chi connectivity index (χ3v) is 7.62. The lowest BCUT2D eigenvalue weighted by Gasteiger charge is -2.11. The third-order valence-electron chi connectivity index (χ3n) is 7.62. The highest BCUT2D eigenvalue weighted by atomic mass is 16.3. The molecule has 2 heteroatoms. The molecule has 8 rings (SSSR count). The zero-order valence-electron chi connectivity index (χ0n) is 20.6. The van der Waals surface area contributed by atoms with Crippen LogP contribution in [0.1, 0.15) is 0 Å². The standard InChI is InChI=1S/C36H23NO/c1-4-16-33-29(11-1)30-12-2-5-17-34(30)37(33)27-10-7-9-26(23-27)24-19-21-25(22-20-24)28-14-8-15-32-31-13-3-6-18-35(31)38-36(28)32/h1-23H. The van der Waals surface area contributed by atoms with E-state index < -0.39 is 0 Å². The van der Waals surface area contributed by atoms with E-state index in [1.54, 1.807) is 0 Å². The number of para-hydroxylation sites is 4. The van der Waals surface area contributed by atoms with Crippen molar-refractivity contribution in [2.75, 3.05) is 0 Å². The monoisotopic (exact) mass is 485 g/mol. The van der Waals surface area contributed by atoms with E-state index in [1.807, 2.05) is 12.1 Å². The second kappa shape index (κ2) is 8.22. The van der Waals surface area contributed by atoms with Crippen LogP contribution in [-0.4, -0.2) is 4.57 Å². The fraction of sp³-hybridized carbons (Fsp3) is 0. The minimum absolute atomic E-state index is 0.924. The van der Waals surface area contributed by atoms with Crippen molar-refractivity contribution < 1.29 is 4.42 Å². The average molecular weight is 486 g/mol. The highest BCUT2D eigenvalue weighted by Crippen LogP contribution is 2.37. The molecule has 0 atom stereocenters. The maximum absolute atomic E-state index is 6.28. The van der Waals surface area contributed by atoms with Gasteiger partial charge in [0.05, 0.1) is 11.0 Å². The summed E-state index contributed by atoms with van der Waals surface area (Å²) in [5.41, 5.74) is 10.1. The van der Waals surface area contributed by atoms with Gasteiger partial charge >= 0.3 is 0 Å². The van der Waals surface area contributed by atoms with Crippen molar-refractivity contribution in [1.82, 2.24) is 4.57 Å². The molecule has 0 N–H and O–H groups in total. The maximum Gasteiger partial charge on any atom is 0.143 e. The fourth-order valence-electron chi connectivity index (χ4n) is 5.84. The first-order valence-electron chi connectivity index (χ1n) is 12.9. The summed E-state index contributed by atoms with van der Waals surface area (Å²) in [4.78, 5) is 0. The molecule has 0 aliphatic carbocycles. The van der Waals surface area contributed by atoms with Crippen molar-refractivity contribution in [3.8, 4) is 27.9 Å². The number of nitrogens with zero attached hydrogens (tertiary/aromatic N) is 1. The van der Waals surface area contributed by atoms with E-state index in [0.29, 0.717) is 0 Å². The molecule has 178 valence electrons. The molecule has 0 unspecified atom stereocenters. The van der Waals surface area contributed by atoms with Crippen molar-refractivity contribution in [1.29, 1.82) is 0 Å². The number of hydrogen-bond donors (Lipinski definition) is 0. The number of rotatable bonds is 3. The van der Waals surface area contributed by atoms with Crippen molar-refractivity contribution in [3.63, 3.8) is 0 Å². The molecule has 2 heterocycles. The molecular formula is C36H23NO. The SMILES string of the molecule is c1cc(-c2ccc(-c3cccc4c3oc3ccccc34)cc2)cc(-n2c3ccccc3c3ccccc32)c1. The van der Waals surface area contributed by atoms with Gasteiger partial charge in [-0.1, -0.05) is 109 Å². The van der Waals surface area contributed by atoms with Gasteiger partial charge in [-0.2, -0.15) is 0 Å². The molecule has 2 aromatic heterocycles. The maximum atomic E-state index is 6.28. The average Bonchev–Trinajstić information content (AvgIpc) is 3.53. The summed E-state index contributed by atoms with van der Waals surface area (Å²) >= 11 is 0. The van der Waals surface area contributed by atoms with Crippen molar-refractivity contribution in [2.45, 2.75) is 0 Å². The normalized spacial score (nSPS) is 11.7. The smallest absolute Gasteiger partial charge is 0.143 e. The molecule has 0 bridgehead atoms. The molecule has 6 aromatic carbocycles. The van der Waals surface area contributed by atoms with E-state index in [-0.39, 0.29) is 0 Å². The fourth-order valence-corrected chi connectivity index (χ4v) is 5.84. The number of benzene rings is 6. The van der Waals surface area contributed by atoms with Gasteiger partial charge in [-0.05, 0) is 47.0 Å². The molecule has 0 spiro atoms. The van der Waals surface area contributed by atoms with Crippen LogP contribution in [0, 0.1) is 0 Å². The van der Waals surface area contributed by atoms with Crippen LogP contribution in [0.25, 0.3) is 71.7 Å². The molecule has 0 saturated heterocycles. The van der Waals surface area contributed by atoms with Gasteiger partial charge in [0, 0.05) is 32.8 Å². The van der Waals surface area contributed by atoms with Gasteiger partial charge in [0.2, 0.25) is 0 Å². The summed E-state index contributed by atoms with van der Waals surface area (Å²) in [5, 5.41) is 4.86. The number of hydrogen-bond acceptors (Lipinski definition) is 1. The summed E-state index contributed by atoms with van der Waals surface area (Å²) in [5.74, 6) is 0. The van der Waals surface area contributed by atoms with Crippen molar-refractivity contribution in [3.05, 3.63) is 140 Å². The lowest BCUT2D eigenvalue weighted by atomic mass is 9.98. The van der Waals surface area contributed by atoms with Crippen LogP contribution in [0.5, 0.6) is 0 Å². The Morgan fingerprint density at radius 1 is 0.421 bits per heavy atom. The largest absolute Gasteiger partial charge is 0.455 e. The molecule has 0 fully saturated rings. The van der Waals surface area contributed by atoms with Crippen molar-refractivity contribution in [2.24, 2.45) is 0 Å². The molecule has 0 aliphatic heterocycles. The molecule has 0 radical (unpaired) electrons. The van der Waals surface area contributed by atoms with E-state index in [4.69, 9.17) is 4.42 Å². The van der Waals surface area contributed by atoms with E-state index in [0.717, 1.165) is 38.8 Å². The Morgan fingerprint density at radius 3 is 1.79 bits per heavy atom. The molecule has 2 nitrogen and oxygen atoms in total. The van der Waals surface area contributed by atoms with E-state index >= 15 is 0 Å². The van der Waals surface area contributed by atoms with E-state index in [9.17, 15) is 0 Å². The van der Waals surface area contributed by atoms with Crippen LogP contribution < -0.4 is 0 Å². The third kappa shape index (κ3) is 3.14. The molecule has 38 heavy (non-hydrogen) atoms. The second-order valence-electron chi connectivity index (χ2n) is 9.78. The summed E-state index contributed by atoms with van der Waals surface area (Å²) in [6, 6.07) is 49.5. The summed E-state index contributed by atoms with van der Waals surface area (Å²) in [6.07, 6.45) is 0. The topological polar surface area (TPSA) is 18.1 Å². The molecule has 0 aliphatic rings. The Kier molecular flexibility index (Phi) is 4.55. The Hall–Kier alpha value is -5.08.